The van der Waals surface area contributed by atoms with Gasteiger partial charge in [0.2, 0.25) is 0 Å². The van der Waals surface area contributed by atoms with Gasteiger partial charge in [-0.3, -0.25) is 10.1 Å². The molecule has 104 valence electrons. The summed E-state index contributed by atoms with van der Waals surface area (Å²) in [4.78, 5) is 14.8. The van der Waals surface area contributed by atoms with Crippen LogP contribution in [0.5, 0.6) is 0 Å². The zero-order valence-corrected chi connectivity index (χ0v) is 11.1. The van der Waals surface area contributed by atoms with E-state index in [1.165, 1.54) is 18.9 Å². The van der Waals surface area contributed by atoms with Crippen molar-refractivity contribution in [1.82, 2.24) is 4.98 Å². The maximum Gasteiger partial charge on any atom is 0.277 e. The Labute approximate surface area is 112 Å². The van der Waals surface area contributed by atoms with Crippen LogP contribution >= 0.6 is 0 Å². The van der Waals surface area contributed by atoms with Gasteiger partial charge < -0.3 is 11.1 Å². The van der Waals surface area contributed by atoms with E-state index in [1.54, 1.807) is 13.1 Å². The van der Waals surface area contributed by atoms with Crippen LogP contribution in [0.15, 0.2) is 12.3 Å². The molecular formula is C13H20N4O2. The fourth-order valence-electron chi connectivity index (χ4n) is 2.66. The summed E-state index contributed by atoms with van der Waals surface area (Å²) in [7, 11) is 0. The van der Waals surface area contributed by atoms with Crippen molar-refractivity contribution in [2.24, 2.45) is 11.7 Å². The van der Waals surface area contributed by atoms with Gasteiger partial charge in [0.15, 0.2) is 0 Å². The molecule has 0 saturated heterocycles. The first kappa shape index (κ1) is 13.7. The Morgan fingerprint density at radius 1 is 1.53 bits per heavy atom. The van der Waals surface area contributed by atoms with Gasteiger partial charge in [0.1, 0.15) is 5.82 Å². The average molecular weight is 264 g/mol. The third-order valence-corrected chi connectivity index (χ3v) is 3.82. The Kier molecular flexibility index (Phi) is 4.31. The molecule has 0 radical (unpaired) electrons. The average Bonchev–Trinajstić information content (AvgIpc) is 2.41. The molecule has 0 aromatic carbocycles. The summed E-state index contributed by atoms with van der Waals surface area (Å²) in [5.41, 5.74) is 6.47. The highest BCUT2D eigenvalue weighted by atomic mass is 16.6. The number of rotatable bonds is 4. The molecule has 2 unspecified atom stereocenters. The first-order valence-corrected chi connectivity index (χ1v) is 6.69. The molecular weight excluding hydrogens is 244 g/mol. The molecule has 6 nitrogen and oxygen atoms in total. The molecule has 0 bridgehead atoms. The predicted molar refractivity (Wildman–Crippen MR) is 74.1 cm³/mol. The Morgan fingerprint density at radius 2 is 2.26 bits per heavy atom. The molecule has 0 amide bonds. The largest absolute Gasteiger partial charge is 0.367 e. The molecule has 1 fully saturated rings. The number of nitrogens with one attached hydrogen (secondary N) is 1. The van der Waals surface area contributed by atoms with E-state index in [0.29, 0.717) is 23.8 Å². The number of hydrogen-bond acceptors (Lipinski definition) is 5. The van der Waals surface area contributed by atoms with E-state index < -0.39 is 0 Å². The lowest BCUT2D eigenvalue weighted by Gasteiger charge is -2.31. The van der Waals surface area contributed by atoms with Crippen LogP contribution in [0.3, 0.4) is 0 Å². The summed E-state index contributed by atoms with van der Waals surface area (Å²) in [5.74, 6) is 0.999. The molecule has 1 aromatic heterocycles. The van der Waals surface area contributed by atoms with Crippen LogP contribution in [0.25, 0.3) is 0 Å². The molecule has 1 heterocycles. The molecule has 2 atom stereocenters. The molecule has 1 aliphatic carbocycles. The van der Waals surface area contributed by atoms with Crippen LogP contribution in [0.2, 0.25) is 0 Å². The fraction of sp³-hybridized carbons (Fsp3) is 0.615. The highest BCUT2D eigenvalue weighted by Crippen LogP contribution is 2.27. The van der Waals surface area contributed by atoms with Gasteiger partial charge in [-0.15, -0.1) is 0 Å². The zero-order valence-electron chi connectivity index (χ0n) is 11.1. The van der Waals surface area contributed by atoms with Crippen LogP contribution < -0.4 is 11.1 Å². The maximum absolute atomic E-state index is 10.9. The first-order valence-electron chi connectivity index (χ1n) is 6.69. The highest BCUT2D eigenvalue weighted by molar-refractivity contribution is 5.49. The zero-order chi connectivity index (χ0) is 13.8. The number of hydrogen-bond donors (Lipinski definition) is 2. The van der Waals surface area contributed by atoms with Crippen molar-refractivity contribution in [3.8, 4) is 0 Å². The summed E-state index contributed by atoms with van der Waals surface area (Å²) in [6.45, 7) is 2.34. The molecule has 2 rings (SSSR count). The number of aromatic nitrogens is 1. The van der Waals surface area contributed by atoms with Crippen LogP contribution in [0.4, 0.5) is 11.5 Å². The lowest BCUT2D eigenvalue weighted by atomic mass is 9.84. The van der Waals surface area contributed by atoms with Gasteiger partial charge >= 0.3 is 0 Å². The molecule has 19 heavy (non-hydrogen) atoms. The standard InChI is InChI=1S/C13H20N4O2/c1-9-8-15-13(6-12(9)17(18)19)16-11-5-3-2-4-10(11)7-14/h6,8,10-11H,2-5,7,14H2,1H3,(H,15,16). The van der Waals surface area contributed by atoms with Gasteiger partial charge in [-0.2, -0.15) is 0 Å². The number of aryl methyl sites for hydroxylation is 1. The van der Waals surface area contributed by atoms with E-state index >= 15 is 0 Å². The minimum absolute atomic E-state index is 0.109. The highest BCUT2D eigenvalue weighted by Gasteiger charge is 2.24. The van der Waals surface area contributed by atoms with Gasteiger partial charge in [0.05, 0.1) is 11.0 Å². The van der Waals surface area contributed by atoms with Gasteiger partial charge in [0, 0.05) is 17.8 Å². The lowest BCUT2D eigenvalue weighted by Crippen LogP contribution is -2.36. The summed E-state index contributed by atoms with van der Waals surface area (Å²) in [6, 6.07) is 1.78. The summed E-state index contributed by atoms with van der Waals surface area (Å²) in [6.07, 6.45) is 6.08. The molecule has 3 N–H and O–H groups in total. The van der Waals surface area contributed by atoms with Crippen molar-refractivity contribution in [2.75, 3.05) is 11.9 Å². The van der Waals surface area contributed by atoms with Crippen molar-refractivity contribution < 1.29 is 4.92 Å². The van der Waals surface area contributed by atoms with E-state index in [0.717, 1.165) is 12.8 Å². The number of nitrogens with two attached hydrogens (primary N) is 1. The smallest absolute Gasteiger partial charge is 0.277 e. The number of nitrogens with zero attached hydrogens (tertiary/aromatic N) is 2. The van der Waals surface area contributed by atoms with E-state index in [-0.39, 0.29) is 16.7 Å². The van der Waals surface area contributed by atoms with E-state index in [9.17, 15) is 10.1 Å². The molecule has 1 saturated carbocycles. The van der Waals surface area contributed by atoms with Crippen LogP contribution in [-0.4, -0.2) is 22.5 Å². The van der Waals surface area contributed by atoms with E-state index in [2.05, 4.69) is 10.3 Å². The predicted octanol–water partition coefficient (Wildman–Crippen LogP) is 2.23. The minimum Gasteiger partial charge on any atom is -0.367 e. The molecule has 0 aliphatic heterocycles. The minimum atomic E-state index is -0.372. The summed E-state index contributed by atoms with van der Waals surface area (Å²) < 4.78 is 0. The second-order valence-electron chi connectivity index (χ2n) is 5.14. The molecule has 1 aromatic rings. The number of anilines is 1. The number of nitro groups is 1. The van der Waals surface area contributed by atoms with Gasteiger partial charge in [-0.1, -0.05) is 12.8 Å². The van der Waals surface area contributed by atoms with Crippen LogP contribution in [0, 0.1) is 23.0 Å². The first-order chi connectivity index (χ1) is 9.11. The van der Waals surface area contributed by atoms with Crippen LogP contribution in [-0.2, 0) is 0 Å². The summed E-state index contributed by atoms with van der Waals surface area (Å²) in [5, 5.41) is 14.2. The normalized spacial score (nSPS) is 23.1. The van der Waals surface area contributed by atoms with Crippen molar-refractivity contribution in [1.29, 1.82) is 0 Å². The maximum atomic E-state index is 10.9. The third-order valence-electron chi connectivity index (χ3n) is 3.82. The Hall–Kier alpha value is -1.69. The van der Waals surface area contributed by atoms with Crippen molar-refractivity contribution in [3.63, 3.8) is 0 Å². The van der Waals surface area contributed by atoms with Gasteiger partial charge in [-0.25, -0.2) is 4.98 Å². The lowest BCUT2D eigenvalue weighted by molar-refractivity contribution is -0.385. The van der Waals surface area contributed by atoms with Crippen molar-refractivity contribution in [3.05, 3.63) is 27.9 Å². The Balaban J connectivity index is 2.14. The Morgan fingerprint density at radius 3 is 2.95 bits per heavy atom. The number of pyridine rings is 1. The quantitative estimate of drug-likeness (QED) is 0.642. The fourth-order valence-corrected chi connectivity index (χ4v) is 2.66. The van der Waals surface area contributed by atoms with E-state index in [4.69, 9.17) is 5.73 Å². The van der Waals surface area contributed by atoms with Crippen LogP contribution in [0.1, 0.15) is 31.2 Å². The monoisotopic (exact) mass is 264 g/mol. The third kappa shape index (κ3) is 3.20. The van der Waals surface area contributed by atoms with Crippen molar-refractivity contribution in [2.45, 2.75) is 38.6 Å². The van der Waals surface area contributed by atoms with E-state index in [1.807, 2.05) is 0 Å². The van der Waals surface area contributed by atoms with Crippen molar-refractivity contribution >= 4 is 11.5 Å². The molecule has 1 aliphatic rings. The SMILES string of the molecule is Cc1cnc(NC2CCCCC2CN)cc1[N+](=O)[O-]. The second-order valence-corrected chi connectivity index (χ2v) is 5.14. The van der Waals surface area contributed by atoms with Gasteiger partial charge in [0.25, 0.3) is 5.69 Å². The molecule has 6 heteroatoms. The second kappa shape index (κ2) is 5.97. The van der Waals surface area contributed by atoms with Gasteiger partial charge in [-0.05, 0) is 32.2 Å². The topological polar surface area (TPSA) is 94.1 Å². The summed E-state index contributed by atoms with van der Waals surface area (Å²) >= 11 is 0. The molecule has 0 spiro atoms. The Bertz CT molecular complexity index is 464.